The molecule has 0 amide bonds. The Hall–Kier alpha value is -0.790. The molecule has 58 valence electrons. The topological polar surface area (TPSA) is 40.1 Å². The highest BCUT2D eigenvalue weighted by molar-refractivity contribution is 5.83. The number of aliphatic carboxylic acids is 1. The molecule has 0 N–H and O–H groups in total. The SMILES string of the molecule is C=C(CC(C)CC)C(=O)[O-]. The Kier molecular flexibility index (Phi) is 3.77. The zero-order valence-corrected chi connectivity index (χ0v) is 6.52. The van der Waals surface area contributed by atoms with Gasteiger partial charge in [0.2, 0.25) is 0 Å². The molecule has 1 atom stereocenters. The van der Waals surface area contributed by atoms with Crippen LogP contribution in [0.2, 0.25) is 0 Å². The third-order valence-electron chi connectivity index (χ3n) is 1.58. The van der Waals surface area contributed by atoms with Gasteiger partial charge in [-0.15, -0.1) is 0 Å². The van der Waals surface area contributed by atoms with E-state index < -0.39 is 5.97 Å². The van der Waals surface area contributed by atoms with Crippen LogP contribution in [0.4, 0.5) is 0 Å². The van der Waals surface area contributed by atoms with Crippen LogP contribution < -0.4 is 5.11 Å². The van der Waals surface area contributed by atoms with Crippen LogP contribution in [0.3, 0.4) is 0 Å². The average Bonchev–Trinajstić information content (AvgIpc) is 1.87. The molecular weight excluding hydrogens is 128 g/mol. The molecular formula is C8H13O2-. The van der Waals surface area contributed by atoms with Crippen molar-refractivity contribution >= 4 is 5.97 Å². The van der Waals surface area contributed by atoms with Crippen molar-refractivity contribution in [2.45, 2.75) is 26.7 Å². The van der Waals surface area contributed by atoms with E-state index in [0.29, 0.717) is 12.3 Å². The fourth-order valence-electron chi connectivity index (χ4n) is 0.648. The maximum Gasteiger partial charge on any atom is 0.0669 e. The predicted octanol–water partition coefficient (Wildman–Crippen LogP) is 0.729. The van der Waals surface area contributed by atoms with E-state index in [2.05, 4.69) is 6.58 Å². The zero-order valence-electron chi connectivity index (χ0n) is 6.52. The lowest BCUT2D eigenvalue weighted by Gasteiger charge is -2.10. The first-order valence-electron chi connectivity index (χ1n) is 3.47. The van der Waals surface area contributed by atoms with E-state index in [9.17, 15) is 9.90 Å². The van der Waals surface area contributed by atoms with Crippen LogP contribution in [-0.4, -0.2) is 5.97 Å². The first-order chi connectivity index (χ1) is 4.57. The number of carboxylic acids is 1. The van der Waals surface area contributed by atoms with Gasteiger partial charge in [0.25, 0.3) is 0 Å². The van der Waals surface area contributed by atoms with E-state index in [1.54, 1.807) is 0 Å². The fourth-order valence-corrected chi connectivity index (χ4v) is 0.648. The van der Waals surface area contributed by atoms with Crippen molar-refractivity contribution in [1.82, 2.24) is 0 Å². The molecule has 0 aromatic carbocycles. The molecule has 0 aliphatic rings. The number of hydrogen-bond acceptors (Lipinski definition) is 2. The number of carbonyl (C=O) groups is 1. The maximum absolute atomic E-state index is 10.1. The Morgan fingerprint density at radius 3 is 2.50 bits per heavy atom. The van der Waals surface area contributed by atoms with Gasteiger partial charge in [-0.05, 0) is 17.9 Å². The highest BCUT2D eigenvalue weighted by atomic mass is 16.4. The number of carboxylic acid groups (broad SMARTS) is 1. The maximum atomic E-state index is 10.1. The van der Waals surface area contributed by atoms with Gasteiger partial charge in [-0.1, -0.05) is 26.8 Å². The smallest absolute Gasteiger partial charge is 0.0669 e. The first-order valence-corrected chi connectivity index (χ1v) is 3.47. The van der Waals surface area contributed by atoms with E-state index in [4.69, 9.17) is 0 Å². The van der Waals surface area contributed by atoms with Crippen LogP contribution in [0.25, 0.3) is 0 Å². The van der Waals surface area contributed by atoms with Gasteiger partial charge >= 0.3 is 0 Å². The summed E-state index contributed by atoms with van der Waals surface area (Å²) >= 11 is 0. The summed E-state index contributed by atoms with van der Waals surface area (Å²) in [6.45, 7) is 7.40. The van der Waals surface area contributed by atoms with Crippen LogP contribution in [-0.2, 0) is 4.79 Å². The van der Waals surface area contributed by atoms with E-state index >= 15 is 0 Å². The van der Waals surface area contributed by atoms with E-state index in [0.717, 1.165) is 6.42 Å². The zero-order chi connectivity index (χ0) is 8.15. The highest BCUT2D eigenvalue weighted by Crippen LogP contribution is 2.11. The van der Waals surface area contributed by atoms with Crippen LogP contribution in [0.15, 0.2) is 12.2 Å². The number of hydrogen-bond donors (Lipinski definition) is 0. The lowest BCUT2D eigenvalue weighted by molar-refractivity contribution is -0.299. The lowest BCUT2D eigenvalue weighted by Crippen LogP contribution is -2.24. The molecule has 0 fully saturated rings. The highest BCUT2D eigenvalue weighted by Gasteiger charge is 2.01. The Morgan fingerprint density at radius 1 is 1.70 bits per heavy atom. The van der Waals surface area contributed by atoms with Crippen LogP contribution in [0.5, 0.6) is 0 Å². The van der Waals surface area contributed by atoms with Crippen molar-refractivity contribution in [3.05, 3.63) is 12.2 Å². The summed E-state index contributed by atoms with van der Waals surface area (Å²) in [5.41, 5.74) is 0.203. The summed E-state index contributed by atoms with van der Waals surface area (Å²) in [5.74, 6) is -0.731. The summed E-state index contributed by atoms with van der Waals surface area (Å²) in [6, 6.07) is 0. The van der Waals surface area contributed by atoms with Crippen molar-refractivity contribution in [1.29, 1.82) is 0 Å². The Bertz CT molecular complexity index is 138. The molecule has 0 aromatic heterocycles. The molecule has 0 saturated heterocycles. The second kappa shape index (κ2) is 4.09. The minimum absolute atomic E-state index is 0.203. The Labute approximate surface area is 61.6 Å². The summed E-state index contributed by atoms with van der Waals surface area (Å²) in [5, 5.41) is 10.1. The molecule has 10 heavy (non-hydrogen) atoms. The second-order valence-electron chi connectivity index (χ2n) is 2.61. The average molecular weight is 141 g/mol. The molecule has 0 saturated carbocycles. The van der Waals surface area contributed by atoms with Crippen LogP contribution in [0.1, 0.15) is 26.7 Å². The van der Waals surface area contributed by atoms with Gasteiger partial charge in [-0.3, -0.25) is 0 Å². The Balaban J connectivity index is 3.68. The third kappa shape index (κ3) is 3.28. The van der Waals surface area contributed by atoms with Gasteiger partial charge in [-0.2, -0.15) is 0 Å². The van der Waals surface area contributed by atoms with Gasteiger partial charge < -0.3 is 9.90 Å². The summed E-state index contributed by atoms with van der Waals surface area (Å²) in [4.78, 5) is 10.1. The largest absolute Gasteiger partial charge is 0.545 e. The van der Waals surface area contributed by atoms with E-state index in [1.807, 2.05) is 13.8 Å². The number of rotatable bonds is 4. The van der Waals surface area contributed by atoms with Gasteiger partial charge in [0.15, 0.2) is 0 Å². The summed E-state index contributed by atoms with van der Waals surface area (Å²) in [6.07, 6.45) is 1.52. The van der Waals surface area contributed by atoms with Crippen LogP contribution in [0, 0.1) is 5.92 Å². The van der Waals surface area contributed by atoms with E-state index in [1.165, 1.54) is 0 Å². The van der Waals surface area contributed by atoms with Crippen molar-refractivity contribution < 1.29 is 9.90 Å². The second-order valence-corrected chi connectivity index (χ2v) is 2.61. The fraction of sp³-hybridized carbons (Fsp3) is 0.625. The summed E-state index contributed by atoms with van der Waals surface area (Å²) in [7, 11) is 0. The monoisotopic (exact) mass is 141 g/mol. The quantitative estimate of drug-likeness (QED) is 0.541. The Morgan fingerprint density at radius 2 is 2.20 bits per heavy atom. The normalized spacial score (nSPS) is 12.6. The molecule has 0 aliphatic carbocycles. The van der Waals surface area contributed by atoms with Crippen molar-refractivity contribution in [2.75, 3.05) is 0 Å². The minimum atomic E-state index is -1.12. The molecule has 0 aliphatic heterocycles. The van der Waals surface area contributed by atoms with Crippen LogP contribution >= 0.6 is 0 Å². The molecule has 1 unspecified atom stereocenters. The van der Waals surface area contributed by atoms with E-state index in [-0.39, 0.29) is 5.57 Å². The van der Waals surface area contributed by atoms with Crippen molar-refractivity contribution in [3.63, 3.8) is 0 Å². The van der Waals surface area contributed by atoms with Crippen molar-refractivity contribution in [3.8, 4) is 0 Å². The molecule has 0 aromatic rings. The molecule has 0 spiro atoms. The van der Waals surface area contributed by atoms with Gasteiger partial charge in [0, 0.05) is 0 Å². The number of carbonyl (C=O) groups excluding carboxylic acids is 1. The molecule has 2 nitrogen and oxygen atoms in total. The van der Waals surface area contributed by atoms with Crippen molar-refractivity contribution in [2.24, 2.45) is 5.92 Å². The molecule has 0 rings (SSSR count). The molecule has 0 radical (unpaired) electrons. The predicted molar refractivity (Wildman–Crippen MR) is 38.2 cm³/mol. The minimum Gasteiger partial charge on any atom is -0.545 e. The molecule has 0 heterocycles. The lowest BCUT2D eigenvalue weighted by atomic mass is 10.0. The first kappa shape index (κ1) is 9.21. The third-order valence-corrected chi connectivity index (χ3v) is 1.58. The summed E-state index contributed by atoms with van der Waals surface area (Å²) < 4.78 is 0. The van der Waals surface area contributed by atoms with Gasteiger partial charge in [0.1, 0.15) is 0 Å². The van der Waals surface area contributed by atoms with Gasteiger partial charge in [-0.25, -0.2) is 0 Å². The molecule has 2 heteroatoms. The van der Waals surface area contributed by atoms with Gasteiger partial charge in [0.05, 0.1) is 5.97 Å². The molecule has 0 bridgehead atoms. The standard InChI is InChI=1S/C8H14O2/c1-4-6(2)5-7(3)8(9)10/h6H,3-5H2,1-2H3,(H,9,10)/p-1.